The number of nitrogens with one attached hydrogen (secondary N) is 3. The SMILES string of the molecule is C.Cc1cc(N)nc(C)c1CN.Cc1cc(N)nc(C)c1CNC(=O)c1ccnc(Cc2ccc3[nH]cc(Cl)c3c2)c1.O=C(O)c1ccnc(Cc2ccc3[nH]cc(Cl)c3c2)c1. The van der Waals surface area contributed by atoms with Crippen molar-refractivity contribution in [3.63, 3.8) is 0 Å². The van der Waals surface area contributed by atoms with Crippen LogP contribution in [-0.4, -0.2) is 46.9 Å². The molecule has 8 rings (SSSR count). The van der Waals surface area contributed by atoms with E-state index >= 15 is 0 Å². The molecule has 0 unspecified atom stereocenters. The van der Waals surface area contributed by atoms with Crippen LogP contribution < -0.4 is 22.5 Å². The smallest absolute Gasteiger partial charge is 0.335 e. The summed E-state index contributed by atoms with van der Waals surface area (Å²) < 4.78 is 0. The van der Waals surface area contributed by atoms with Crippen molar-refractivity contribution in [3.8, 4) is 0 Å². The standard InChI is InChI=1S/C23H22ClN5O.C15H11ClN2O2.C8H13N3.CH4/c1-13-7-22(25)29-14(2)19(13)11-28-23(30)16-5-6-26-17(10-16)8-15-3-4-21-18(9-15)20(24)12-27-21;16-13-8-18-14-2-1-9(6-12(13)14)5-11-7-10(15(19)20)3-4-17-11;1-5-3-8(10)11-6(2)7(5)4-9;/h3-7,9-10,12,27H,8,11H2,1-2H3,(H2,25,29)(H,28,30);1-4,6-8,18H,5H2,(H,19,20);3H,4,9H2,1-2H3,(H2,10,11);1H4. The molecular weight excluding hydrogens is 823 g/mol. The van der Waals surface area contributed by atoms with Gasteiger partial charge in [0, 0.05) is 101 Å². The number of carbonyl (C=O) groups is 2. The fourth-order valence-electron chi connectivity index (χ4n) is 6.95. The van der Waals surface area contributed by atoms with E-state index in [2.05, 4.69) is 35.2 Å². The largest absolute Gasteiger partial charge is 0.478 e. The zero-order valence-corrected chi connectivity index (χ0v) is 35.6. The summed E-state index contributed by atoms with van der Waals surface area (Å²) in [5, 5.41) is 15.2. The van der Waals surface area contributed by atoms with E-state index in [1.165, 1.54) is 12.3 Å². The van der Waals surface area contributed by atoms with Gasteiger partial charge in [-0.3, -0.25) is 14.8 Å². The van der Waals surface area contributed by atoms with Crippen molar-refractivity contribution >= 4 is 68.5 Å². The van der Waals surface area contributed by atoms with Gasteiger partial charge in [0.1, 0.15) is 11.6 Å². The number of amides is 1. The number of carboxylic acid groups (broad SMARTS) is 1. The number of pyridine rings is 4. The van der Waals surface area contributed by atoms with Gasteiger partial charge in [-0.2, -0.15) is 0 Å². The Bertz CT molecular complexity index is 2830. The van der Waals surface area contributed by atoms with E-state index in [0.717, 1.165) is 78.0 Å². The zero-order valence-electron chi connectivity index (χ0n) is 34.1. The number of benzene rings is 2. The number of hydrogen-bond donors (Lipinski definition) is 7. The highest BCUT2D eigenvalue weighted by atomic mass is 35.5. The monoisotopic (exact) mass is 872 g/mol. The second kappa shape index (κ2) is 20.6. The molecule has 0 bridgehead atoms. The number of H-pyrrole nitrogens is 2. The Morgan fingerprint density at radius 2 is 1.15 bits per heavy atom. The molecule has 2 aromatic carbocycles. The van der Waals surface area contributed by atoms with Crippen LogP contribution in [-0.2, 0) is 25.9 Å². The van der Waals surface area contributed by atoms with Crippen LogP contribution in [0.2, 0.25) is 10.0 Å². The van der Waals surface area contributed by atoms with Gasteiger partial charge in [0.2, 0.25) is 0 Å². The molecule has 1 amide bonds. The first kappa shape index (κ1) is 46.3. The normalized spacial score (nSPS) is 10.6. The van der Waals surface area contributed by atoms with Crippen LogP contribution in [0.5, 0.6) is 0 Å². The number of anilines is 2. The molecule has 62 heavy (non-hydrogen) atoms. The number of fused-ring (bicyclic) bond motifs is 2. The highest BCUT2D eigenvalue weighted by Crippen LogP contribution is 2.26. The van der Waals surface area contributed by atoms with Gasteiger partial charge in [0.05, 0.1) is 15.6 Å². The highest BCUT2D eigenvalue weighted by Gasteiger charge is 2.12. The number of nitrogens with zero attached hydrogens (tertiary/aromatic N) is 4. The molecule has 320 valence electrons. The molecule has 10 N–H and O–H groups in total. The van der Waals surface area contributed by atoms with E-state index in [4.69, 9.17) is 45.5 Å². The van der Waals surface area contributed by atoms with Crippen LogP contribution in [0, 0.1) is 27.7 Å². The lowest BCUT2D eigenvalue weighted by molar-refractivity contribution is 0.0696. The van der Waals surface area contributed by atoms with Gasteiger partial charge in [-0.05, 0) is 122 Å². The van der Waals surface area contributed by atoms with Crippen LogP contribution in [0.25, 0.3) is 21.8 Å². The van der Waals surface area contributed by atoms with E-state index in [-0.39, 0.29) is 18.9 Å². The molecule has 0 radical (unpaired) electrons. The summed E-state index contributed by atoms with van der Waals surface area (Å²) in [6.45, 7) is 8.70. The minimum atomic E-state index is -0.946. The molecule has 8 aromatic rings. The zero-order chi connectivity index (χ0) is 43.8. The van der Waals surface area contributed by atoms with E-state index in [1.807, 2.05) is 82.3 Å². The van der Waals surface area contributed by atoms with Gasteiger partial charge >= 0.3 is 5.97 Å². The number of aromatic amines is 2. The summed E-state index contributed by atoms with van der Waals surface area (Å²) in [4.78, 5) is 46.8. The van der Waals surface area contributed by atoms with Gasteiger partial charge in [-0.25, -0.2) is 14.8 Å². The van der Waals surface area contributed by atoms with Gasteiger partial charge in [-0.15, -0.1) is 0 Å². The molecule has 6 heterocycles. The Kier molecular flexibility index (Phi) is 15.4. The van der Waals surface area contributed by atoms with E-state index in [9.17, 15) is 9.59 Å². The Balaban J connectivity index is 0.000000195. The average Bonchev–Trinajstić information content (AvgIpc) is 3.78. The Morgan fingerprint density at radius 1 is 0.677 bits per heavy atom. The lowest BCUT2D eigenvalue weighted by atomic mass is 10.1. The summed E-state index contributed by atoms with van der Waals surface area (Å²) in [7, 11) is 0. The molecule has 13 nitrogen and oxygen atoms in total. The van der Waals surface area contributed by atoms with Crippen LogP contribution in [0.4, 0.5) is 11.6 Å². The number of hydrogen-bond acceptors (Lipinski definition) is 9. The molecule has 6 aromatic heterocycles. The van der Waals surface area contributed by atoms with Crippen LogP contribution >= 0.6 is 23.2 Å². The summed E-state index contributed by atoms with van der Waals surface area (Å²) in [6.07, 6.45) is 7.88. The minimum absolute atomic E-state index is 0. The molecule has 0 aliphatic rings. The number of nitrogens with two attached hydrogens (primary N) is 3. The van der Waals surface area contributed by atoms with Crippen LogP contribution in [0.3, 0.4) is 0 Å². The van der Waals surface area contributed by atoms with Crippen LogP contribution in [0.15, 0.2) is 97.6 Å². The maximum atomic E-state index is 12.7. The second-order valence-corrected chi connectivity index (χ2v) is 15.3. The van der Waals surface area contributed by atoms with Crippen molar-refractivity contribution < 1.29 is 14.7 Å². The fraction of sp³-hybridized carbons (Fsp3) is 0.191. The quantitative estimate of drug-likeness (QED) is 0.0727. The van der Waals surface area contributed by atoms with Crippen molar-refractivity contribution in [1.29, 1.82) is 0 Å². The van der Waals surface area contributed by atoms with Crippen molar-refractivity contribution in [2.75, 3.05) is 11.5 Å². The summed E-state index contributed by atoms with van der Waals surface area (Å²) >= 11 is 12.3. The number of rotatable bonds is 9. The van der Waals surface area contributed by atoms with E-state index in [1.54, 1.807) is 30.7 Å². The number of aromatic carboxylic acids is 1. The predicted molar refractivity (Wildman–Crippen MR) is 250 cm³/mol. The first-order valence-electron chi connectivity index (χ1n) is 19.3. The molecule has 0 saturated carbocycles. The third-order valence-electron chi connectivity index (χ3n) is 10.1. The molecule has 15 heteroatoms. The molecule has 0 fully saturated rings. The summed E-state index contributed by atoms with van der Waals surface area (Å²) in [5.74, 6) is -0.0497. The first-order chi connectivity index (χ1) is 29.2. The third kappa shape index (κ3) is 11.5. The van der Waals surface area contributed by atoms with Gasteiger partial charge in [-0.1, -0.05) is 42.8 Å². The summed E-state index contributed by atoms with van der Waals surface area (Å²) in [5.41, 5.74) is 29.2. The second-order valence-electron chi connectivity index (χ2n) is 14.5. The van der Waals surface area contributed by atoms with E-state index < -0.39 is 5.97 Å². The van der Waals surface area contributed by atoms with Gasteiger partial charge in [0.15, 0.2) is 0 Å². The maximum absolute atomic E-state index is 12.7. The van der Waals surface area contributed by atoms with Crippen molar-refractivity contribution in [3.05, 3.63) is 175 Å². The number of aryl methyl sites for hydroxylation is 4. The number of nitrogen functional groups attached to an aromatic ring is 2. The fourth-order valence-corrected chi connectivity index (χ4v) is 7.37. The van der Waals surface area contributed by atoms with Crippen molar-refractivity contribution in [2.24, 2.45) is 5.73 Å². The van der Waals surface area contributed by atoms with Gasteiger partial charge < -0.3 is 37.6 Å². The number of carboxylic acids is 1. The Labute approximate surface area is 370 Å². The van der Waals surface area contributed by atoms with Crippen molar-refractivity contribution in [2.45, 2.75) is 61.1 Å². The lowest BCUT2D eigenvalue weighted by Crippen LogP contribution is -2.24. The molecule has 0 aliphatic carbocycles. The Morgan fingerprint density at radius 3 is 1.61 bits per heavy atom. The predicted octanol–water partition coefficient (Wildman–Crippen LogP) is 9.21. The lowest BCUT2D eigenvalue weighted by Gasteiger charge is -2.12. The highest BCUT2D eigenvalue weighted by molar-refractivity contribution is 6.36. The molecule has 0 atom stereocenters. The number of aromatic nitrogens is 6. The van der Waals surface area contributed by atoms with Gasteiger partial charge in [0.25, 0.3) is 5.91 Å². The van der Waals surface area contributed by atoms with Crippen molar-refractivity contribution in [1.82, 2.24) is 35.2 Å². The molecule has 0 spiro atoms. The topological polar surface area (TPSA) is 228 Å². The first-order valence-corrected chi connectivity index (χ1v) is 20.0. The number of carbonyl (C=O) groups excluding carboxylic acids is 1. The van der Waals surface area contributed by atoms with Crippen LogP contribution in [0.1, 0.15) is 84.3 Å². The average molecular weight is 874 g/mol. The maximum Gasteiger partial charge on any atom is 0.335 e. The molecule has 0 saturated heterocycles. The number of halogens is 2. The Hall–Kier alpha value is -6.80. The molecule has 0 aliphatic heterocycles. The third-order valence-corrected chi connectivity index (χ3v) is 10.7. The summed E-state index contributed by atoms with van der Waals surface area (Å²) in [6, 6.07) is 22.3. The van der Waals surface area contributed by atoms with E-state index in [0.29, 0.717) is 53.2 Å². The molecular formula is C47H50Cl2N10O3. The minimum Gasteiger partial charge on any atom is -0.478 e.